The van der Waals surface area contributed by atoms with Gasteiger partial charge >= 0.3 is 6.18 Å². The molecule has 0 aromatic carbocycles. The molecule has 0 bridgehead atoms. The molecule has 0 aliphatic heterocycles. The molecule has 27 heavy (non-hydrogen) atoms. The zero-order valence-corrected chi connectivity index (χ0v) is 14.7. The third kappa shape index (κ3) is 3.07. The Labute approximate surface area is 152 Å². The van der Waals surface area contributed by atoms with Crippen LogP contribution in [0.5, 0.6) is 0 Å². The lowest BCUT2D eigenvalue weighted by atomic mass is 10.1. The molecule has 0 fully saturated rings. The summed E-state index contributed by atoms with van der Waals surface area (Å²) >= 11 is 0. The van der Waals surface area contributed by atoms with Gasteiger partial charge in [0.25, 0.3) is 0 Å². The Morgan fingerprint density at radius 2 is 1.96 bits per heavy atom. The van der Waals surface area contributed by atoms with Crippen LogP contribution in [-0.2, 0) is 12.7 Å². The molecular weight excluding hydrogens is 355 g/mol. The van der Waals surface area contributed by atoms with Crippen molar-refractivity contribution < 1.29 is 13.2 Å². The number of nitrogens with zero attached hydrogens (tertiary/aromatic N) is 4. The molecule has 0 saturated heterocycles. The fourth-order valence-corrected chi connectivity index (χ4v) is 3.10. The molecule has 0 saturated carbocycles. The normalized spacial score (nSPS) is 12.0. The average molecular weight is 371 g/mol. The van der Waals surface area contributed by atoms with Crippen molar-refractivity contribution in [3.05, 3.63) is 54.1 Å². The van der Waals surface area contributed by atoms with Gasteiger partial charge in [0.2, 0.25) is 0 Å². The summed E-state index contributed by atoms with van der Waals surface area (Å²) in [6, 6.07) is 6.73. The van der Waals surface area contributed by atoms with Crippen LogP contribution in [0.1, 0.15) is 18.2 Å². The van der Waals surface area contributed by atoms with E-state index < -0.39 is 11.9 Å². The minimum atomic E-state index is -4.48. The van der Waals surface area contributed by atoms with Gasteiger partial charge < -0.3 is 4.98 Å². The Hall–Kier alpha value is -3.16. The van der Waals surface area contributed by atoms with E-state index in [0.29, 0.717) is 23.4 Å². The van der Waals surface area contributed by atoms with Crippen LogP contribution in [0.4, 0.5) is 13.2 Å². The summed E-state index contributed by atoms with van der Waals surface area (Å²) in [5, 5.41) is 4.49. The number of halogens is 3. The largest absolute Gasteiger partial charge is 0.435 e. The van der Waals surface area contributed by atoms with Crippen molar-refractivity contribution in [3.63, 3.8) is 0 Å². The Bertz CT molecular complexity index is 1120. The second kappa shape index (κ2) is 6.22. The third-order valence-electron chi connectivity index (χ3n) is 4.45. The van der Waals surface area contributed by atoms with Crippen LogP contribution >= 0.6 is 0 Å². The molecule has 4 rings (SSSR count). The van der Waals surface area contributed by atoms with E-state index in [1.54, 1.807) is 25.5 Å². The number of alkyl halides is 3. The first-order valence-electron chi connectivity index (χ1n) is 8.42. The zero-order chi connectivity index (χ0) is 19.2. The highest BCUT2D eigenvalue weighted by Crippen LogP contribution is 2.33. The van der Waals surface area contributed by atoms with Gasteiger partial charge in [-0.05, 0) is 43.7 Å². The number of aromatic amines is 1. The first-order valence-corrected chi connectivity index (χ1v) is 8.42. The molecule has 0 unspecified atom stereocenters. The molecule has 5 nitrogen and oxygen atoms in total. The molecule has 4 heterocycles. The molecule has 0 aliphatic rings. The smallest absolute Gasteiger partial charge is 0.339 e. The predicted molar refractivity (Wildman–Crippen MR) is 96.0 cm³/mol. The maximum atomic E-state index is 13.0. The Balaban J connectivity index is 1.81. The number of nitrogens with one attached hydrogen (secondary N) is 1. The van der Waals surface area contributed by atoms with E-state index in [1.807, 2.05) is 25.1 Å². The number of aryl methyl sites for hydroxylation is 2. The van der Waals surface area contributed by atoms with Crippen LogP contribution in [0.3, 0.4) is 0 Å². The highest BCUT2D eigenvalue weighted by atomic mass is 19.4. The number of hydrogen-bond acceptors (Lipinski definition) is 3. The predicted octanol–water partition coefficient (Wildman–Crippen LogP) is 4.84. The summed E-state index contributed by atoms with van der Waals surface area (Å²) in [6.07, 6.45) is 0.571. The minimum Gasteiger partial charge on any atom is -0.339 e. The number of H-pyrrole nitrogens is 1. The fourth-order valence-electron chi connectivity index (χ4n) is 3.10. The van der Waals surface area contributed by atoms with Gasteiger partial charge in [-0.15, -0.1) is 0 Å². The van der Waals surface area contributed by atoms with Crippen molar-refractivity contribution in [1.29, 1.82) is 0 Å². The van der Waals surface area contributed by atoms with Crippen LogP contribution in [0.2, 0.25) is 0 Å². The van der Waals surface area contributed by atoms with E-state index in [1.165, 1.54) is 4.68 Å². The molecule has 138 valence electrons. The zero-order valence-electron chi connectivity index (χ0n) is 14.7. The molecule has 8 heteroatoms. The first-order chi connectivity index (χ1) is 12.9. The molecule has 1 N–H and O–H groups in total. The van der Waals surface area contributed by atoms with Crippen LogP contribution in [0.15, 0.2) is 42.9 Å². The summed E-state index contributed by atoms with van der Waals surface area (Å²) in [7, 11) is 0. The van der Waals surface area contributed by atoms with Gasteiger partial charge in [-0.1, -0.05) is 0 Å². The number of hydrogen-bond donors (Lipinski definition) is 1. The Morgan fingerprint density at radius 3 is 2.67 bits per heavy atom. The maximum absolute atomic E-state index is 13.0. The molecule has 0 amide bonds. The molecule has 0 spiro atoms. The standard InChI is InChI=1S/C19H16F3N5/c1-3-27-16(8-17(26-27)19(20,21)22)13-6-12-7-15(25-18(12)24-10-13)14-4-5-23-9-11(14)2/h4-10H,3H2,1-2H3,(H,24,25). The van der Waals surface area contributed by atoms with Crippen molar-refractivity contribution in [1.82, 2.24) is 24.7 Å². The lowest BCUT2D eigenvalue weighted by Crippen LogP contribution is -2.07. The van der Waals surface area contributed by atoms with Crippen molar-refractivity contribution >= 4 is 11.0 Å². The van der Waals surface area contributed by atoms with Gasteiger partial charge in [0.1, 0.15) is 5.65 Å². The fraction of sp³-hybridized carbons (Fsp3) is 0.211. The minimum absolute atomic E-state index is 0.331. The number of rotatable bonds is 3. The van der Waals surface area contributed by atoms with E-state index in [9.17, 15) is 13.2 Å². The van der Waals surface area contributed by atoms with E-state index in [-0.39, 0.29) is 0 Å². The van der Waals surface area contributed by atoms with Crippen LogP contribution in [0.25, 0.3) is 33.5 Å². The summed E-state index contributed by atoms with van der Waals surface area (Å²) < 4.78 is 40.4. The van der Waals surface area contributed by atoms with Crippen molar-refractivity contribution in [2.75, 3.05) is 0 Å². The van der Waals surface area contributed by atoms with Crippen molar-refractivity contribution in [3.8, 4) is 22.5 Å². The second-order valence-electron chi connectivity index (χ2n) is 6.26. The van der Waals surface area contributed by atoms with E-state index in [2.05, 4.69) is 20.1 Å². The lowest BCUT2D eigenvalue weighted by molar-refractivity contribution is -0.141. The quantitative estimate of drug-likeness (QED) is 0.561. The maximum Gasteiger partial charge on any atom is 0.435 e. The van der Waals surface area contributed by atoms with Gasteiger partial charge in [-0.25, -0.2) is 4.98 Å². The summed E-state index contributed by atoms with van der Waals surface area (Å²) in [4.78, 5) is 11.7. The summed E-state index contributed by atoms with van der Waals surface area (Å²) in [6.45, 7) is 4.05. The topological polar surface area (TPSA) is 59.4 Å². The van der Waals surface area contributed by atoms with Crippen LogP contribution in [-0.4, -0.2) is 24.7 Å². The number of aromatic nitrogens is 5. The van der Waals surface area contributed by atoms with Crippen LogP contribution < -0.4 is 0 Å². The molecular formula is C19H16F3N5. The van der Waals surface area contributed by atoms with Gasteiger partial charge in [0.15, 0.2) is 5.69 Å². The van der Waals surface area contributed by atoms with Gasteiger partial charge in [-0.3, -0.25) is 9.67 Å². The molecule has 0 aliphatic carbocycles. The Kier molecular flexibility index (Phi) is 3.98. The highest BCUT2D eigenvalue weighted by molar-refractivity contribution is 5.86. The van der Waals surface area contributed by atoms with Crippen LogP contribution in [0, 0.1) is 6.92 Å². The van der Waals surface area contributed by atoms with Gasteiger partial charge in [0.05, 0.1) is 5.69 Å². The molecule has 4 aromatic heterocycles. The van der Waals surface area contributed by atoms with Gasteiger partial charge in [-0.2, -0.15) is 18.3 Å². The summed E-state index contributed by atoms with van der Waals surface area (Å²) in [5.74, 6) is 0. The highest BCUT2D eigenvalue weighted by Gasteiger charge is 2.35. The average Bonchev–Trinajstić information content (AvgIpc) is 3.25. The first kappa shape index (κ1) is 17.3. The lowest BCUT2D eigenvalue weighted by Gasteiger charge is -2.04. The summed E-state index contributed by atoms with van der Waals surface area (Å²) in [5.41, 5.74) is 3.65. The van der Waals surface area contributed by atoms with Gasteiger partial charge in [0, 0.05) is 47.3 Å². The number of fused-ring (bicyclic) bond motifs is 1. The molecule has 0 atom stereocenters. The molecule has 0 radical (unpaired) electrons. The van der Waals surface area contributed by atoms with E-state index in [0.717, 1.165) is 28.3 Å². The second-order valence-corrected chi connectivity index (χ2v) is 6.26. The SMILES string of the molecule is CCn1nc(C(F)(F)F)cc1-c1cnc2[nH]c(-c3ccncc3C)cc2c1. The van der Waals surface area contributed by atoms with E-state index in [4.69, 9.17) is 0 Å². The third-order valence-corrected chi connectivity index (χ3v) is 4.45. The van der Waals surface area contributed by atoms with E-state index >= 15 is 0 Å². The number of pyridine rings is 2. The Morgan fingerprint density at radius 1 is 1.15 bits per heavy atom. The molecule has 4 aromatic rings. The van der Waals surface area contributed by atoms with Crippen molar-refractivity contribution in [2.45, 2.75) is 26.6 Å². The van der Waals surface area contributed by atoms with Crippen molar-refractivity contribution in [2.24, 2.45) is 0 Å². The monoisotopic (exact) mass is 371 g/mol.